The molecular weight excluding hydrogens is 248 g/mol. The highest BCUT2D eigenvalue weighted by Crippen LogP contribution is 2.17. The maximum atomic E-state index is 5.53. The van der Waals surface area contributed by atoms with E-state index in [9.17, 15) is 0 Å². The van der Waals surface area contributed by atoms with Crippen molar-refractivity contribution in [2.24, 2.45) is 5.92 Å². The second-order valence-electron chi connectivity index (χ2n) is 5.63. The SMILES string of the molecule is CCN(CC)Cc1cccc(NCC2CCCOC2)c1. The minimum Gasteiger partial charge on any atom is -0.385 e. The van der Waals surface area contributed by atoms with Gasteiger partial charge in [0.2, 0.25) is 0 Å². The lowest BCUT2D eigenvalue weighted by Gasteiger charge is -2.23. The number of hydrogen-bond donors (Lipinski definition) is 1. The van der Waals surface area contributed by atoms with Crippen molar-refractivity contribution in [3.63, 3.8) is 0 Å². The molecule has 1 saturated heterocycles. The second-order valence-corrected chi connectivity index (χ2v) is 5.63. The van der Waals surface area contributed by atoms with E-state index in [-0.39, 0.29) is 0 Å². The van der Waals surface area contributed by atoms with Crippen molar-refractivity contribution in [2.45, 2.75) is 33.2 Å². The molecule has 1 aromatic rings. The summed E-state index contributed by atoms with van der Waals surface area (Å²) < 4.78 is 5.53. The first-order valence-electron chi connectivity index (χ1n) is 7.94. The van der Waals surface area contributed by atoms with Crippen LogP contribution in [0.3, 0.4) is 0 Å². The Morgan fingerprint density at radius 3 is 2.85 bits per heavy atom. The second kappa shape index (κ2) is 8.28. The fourth-order valence-electron chi connectivity index (χ4n) is 2.72. The summed E-state index contributed by atoms with van der Waals surface area (Å²) in [7, 11) is 0. The number of anilines is 1. The highest BCUT2D eigenvalue weighted by molar-refractivity contribution is 5.45. The largest absolute Gasteiger partial charge is 0.385 e. The zero-order valence-electron chi connectivity index (χ0n) is 12.9. The predicted molar refractivity (Wildman–Crippen MR) is 85.1 cm³/mol. The van der Waals surface area contributed by atoms with Gasteiger partial charge < -0.3 is 10.1 Å². The van der Waals surface area contributed by atoms with Crippen LogP contribution in [0.2, 0.25) is 0 Å². The number of ether oxygens (including phenoxy) is 1. The van der Waals surface area contributed by atoms with E-state index in [0.717, 1.165) is 39.4 Å². The Balaban J connectivity index is 1.85. The van der Waals surface area contributed by atoms with Gasteiger partial charge in [0.15, 0.2) is 0 Å². The van der Waals surface area contributed by atoms with Crippen LogP contribution in [-0.4, -0.2) is 37.7 Å². The van der Waals surface area contributed by atoms with Crippen LogP contribution in [0.15, 0.2) is 24.3 Å². The van der Waals surface area contributed by atoms with E-state index in [1.54, 1.807) is 0 Å². The predicted octanol–water partition coefficient (Wildman–Crippen LogP) is 3.37. The number of nitrogens with one attached hydrogen (secondary N) is 1. The van der Waals surface area contributed by atoms with Gasteiger partial charge in [-0.3, -0.25) is 4.90 Å². The Morgan fingerprint density at radius 2 is 2.15 bits per heavy atom. The standard InChI is InChI=1S/C17H28N2O/c1-3-19(4-2)13-15-7-5-9-17(11-15)18-12-16-8-6-10-20-14-16/h5,7,9,11,16,18H,3-4,6,8,10,12-14H2,1-2H3. The van der Waals surface area contributed by atoms with Crippen molar-refractivity contribution in [3.05, 3.63) is 29.8 Å². The Kier molecular flexibility index (Phi) is 6.34. The Morgan fingerprint density at radius 1 is 1.30 bits per heavy atom. The average molecular weight is 276 g/mol. The molecule has 1 heterocycles. The van der Waals surface area contributed by atoms with E-state index in [1.165, 1.54) is 24.1 Å². The third-order valence-corrected chi connectivity index (χ3v) is 4.08. The first-order valence-corrected chi connectivity index (χ1v) is 7.94. The van der Waals surface area contributed by atoms with Gasteiger partial charge in [-0.05, 0) is 49.5 Å². The summed E-state index contributed by atoms with van der Waals surface area (Å²) in [5.41, 5.74) is 2.62. The van der Waals surface area contributed by atoms with Gasteiger partial charge in [-0.15, -0.1) is 0 Å². The summed E-state index contributed by atoms with van der Waals surface area (Å²) >= 11 is 0. The quantitative estimate of drug-likeness (QED) is 0.826. The van der Waals surface area contributed by atoms with Crippen molar-refractivity contribution in [3.8, 4) is 0 Å². The van der Waals surface area contributed by atoms with Crippen LogP contribution in [0.5, 0.6) is 0 Å². The lowest BCUT2D eigenvalue weighted by molar-refractivity contribution is 0.0595. The molecule has 20 heavy (non-hydrogen) atoms. The van der Waals surface area contributed by atoms with Gasteiger partial charge in [0.25, 0.3) is 0 Å². The summed E-state index contributed by atoms with van der Waals surface area (Å²) in [6, 6.07) is 8.81. The summed E-state index contributed by atoms with van der Waals surface area (Å²) in [6.45, 7) is 10.6. The van der Waals surface area contributed by atoms with E-state index in [4.69, 9.17) is 4.74 Å². The normalized spacial score (nSPS) is 19.2. The molecule has 3 nitrogen and oxygen atoms in total. The molecule has 0 saturated carbocycles. The lowest BCUT2D eigenvalue weighted by atomic mass is 10.0. The summed E-state index contributed by atoms with van der Waals surface area (Å²) in [5.74, 6) is 0.662. The Labute approximate surface area is 123 Å². The fraction of sp³-hybridized carbons (Fsp3) is 0.647. The van der Waals surface area contributed by atoms with E-state index < -0.39 is 0 Å². The van der Waals surface area contributed by atoms with Gasteiger partial charge in [0.05, 0.1) is 6.61 Å². The molecule has 1 unspecified atom stereocenters. The Hall–Kier alpha value is -1.06. The first-order chi connectivity index (χ1) is 9.81. The van der Waals surface area contributed by atoms with E-state index in [0.29, 0.717) is 5.92 Å². The minimum absolute atomic E-state index is 0.662. The van der Waals surface area contributed by atoms with Crippen LogP contribution in [-0.2, 0) is 11.3 Å². The summed E-state index contributed by atoms with van der Waals surface area (Å²) in [6.07, 6.45) is 2.49. The molecule has 0 radical (unpaired) electrons. The molecule has 0 aliphatic carbocycles. The minimum atomic E-state index is 0.662. The molecule has 1 aliphatic rings. The molecule has 2 rings (SSSR count). The molecule has 0 amide bonds. The van der Waals surface area contributed by atoms with Crippen LogP contribution in [0.4, 0.5) is 5.69 Å². The van der Waals surface area contributed by atoms with Crippen LogP contribution in [0.1, 0.15) is 32.3 Å². The summed E-state index contributed by atoms with van der Waals surface area (Å²) in [5, 5.41) is 3.57. The van der Waals surface area contributed by atoms with Crippen molar-refractivity contribution < 1.29 is 4.74 Å². The van der Waals surface area contributed by atoms with E-state index in [2.05, 4.69) is 48.3 Å². The number of hydrogen-bond acceptors (Lipinski definition) is 3. The maximum Gasteiger partial charge on any atom is 0.0511 e. The third kappa shape index (κ3) is 4.80. The first kappa shape index (κ1) is 15.3. The molecule has 0 bridgehead atoms. The molecule has 0 aromatic heterocycles. The molecule has 1 aromatic carbocycles. The number of benzene rings is 1. The van der Waals surface area contributed by atoms with Crippen molar-refractivity contribution in [1.29, 1.82) is 0 Å². The van der Waals surface area contributed by atoms with Crippen LogP contribution < -0.4 is 5.32 Å². The van der Waals surface area contributed by atoms with Crippen LogP contribution in [0, 0.1) is 5.92 Å². The zero-order chi connectivity index (χ0) is 14.2. The van der Waals surface area contributed by atoms with Gasteiger partial charge in [-0.25, -0.2) is 0 Å². The topological polar surface area (TPSA) is 24.5 Å². The monoisotopic (exact) mass is 276 g/mol. The zero-order valence-corrected chi connectivity index (χ0v) is 12.9. The molecule has 1 fully saturated rings. The van der Waals surface area contributed by atoms with Crippen molar-refractivity contribution in [2.75, 3.05) is 38.2 Å². The highest BCUT2D eigenvalue weighted by atomic mass is 16.5. The summed E-state index contributed by atoms with van der Waals surface area (Å²) in [4.78, 5) is 2.44. The van der Waals surface area contributed by atoms with Gasteiger partial charge in [0.1, 0.15) is 0 Å². The molecule has 1 N–H and O–H groups in total. The number of rotatable bonds is 7. The molecular formula is C17H28N2O. The molecule has 112 valence electrons. The molecule has 1 aliphatic heterocycles. The highest BCUT2D eigenvalue weighted by Gasteiger charge is 2.13. The molecule has 0 spiro atoms. The molecule has 1 atom stereocenters. The molecule has 3 heteroatoms. The maximum absolute atomic E-state index is 5.53. The van der Waals surface area contributed by atoms with Crippen molar-refractivity contribution >= 4 is 5.69 Å². The van der Waals surface area contributed by atoms with Crippen LogP contribution in [0.25, 0.3) is 0 Å². The smallest absolute Gasteiger partial charge is 0.0511 e. The van der Waals surface area contributed by atoms with Gasteiger partial charge in [-0.1, -0.05) is 26.0 Å². The van der Waals surface area contributed by atoms with Gasteiger partial charge >= 0.3 is 0 Å². The fourth-order valence-corrected chi connectivity index (χ4v) is 2.72. The van der Waals surface area contributed by atoms with Gasteiger partial charge in [-0.2, -0.15) is 0 Å². The van der Waals surface area contributed by atoms with Gasteiger partial charge in [0, 0.05) is 25.4 Å². The van der Waals surface area contributed by atoms with Crippen molar-refractivity contribution in [1.82, 2.24) is 4.90 Å². The van der Waals surface area contributed by atoms with Crippen LogP contribution >= 0.6 is 0 Å². The van der Waals surface area contributed by atoms with E-state index >= 15 is 0 Å². The lowest BCUT2D eigenvalue weighted by Crippen LogP contribution is -2.24. The number of nitrogens with zero attached hydrogens (tertiary/aromatic N) is 1. The Bertz CT molecular complexity index is 384. The average Bonchev–Trinajstić information content (AvgIpc) is 2.52. The third-order valence-electron chi connectivity index (χ3n) is 4.08. The van der Waals surface area contributed by atoms with E-state index in [1.807, 2.05) is 0 Å².